The summed E-state index contributed by atoms with van der Waals surface area (Å²) in [4.78, 5) is 4.38. The molecule has 2 nitrogen and oxygen atoms in total. The Hall–Kier alpha value is -0.410. The molecular formula is C9H11BrN2. The fraction of sp³-hybridized carbons (Fsp3) is 0.444. The van der Waals surface area contributed by atoms with Crippen molar-refractivity contribution in [2.45, 2.75) is 6.42 Å². The van der Waals surface area contributed by atoms with Crippen LogP contribution in [-0.2, 0) is 6.42 Å². The van der Waals surface area contributed by atoms with Gasteiger partial charge in [0.2, 0.25) is 0 Å². The van der Waals surface area contributed by atoms with Gasteiger partial charge in [-0.05, 0) is 53.5 Å². The molecular weight excluding hydrogens is 216 g/mol. The van der Waals surface area contributed by atoms with Gasteiger partial charge in [-0.2, -0.15) is 0 Å². The maximum atomic E-state index is 4.38. The van der Waals surface area contributed by atoms with Crippen molar-refractivity contribution in [3.05, 3.63) is 28.5 Å². The zero-order chi connectivity index (χ0) is 8.39. The molecule has 1 aromatic rings. The van der Waals surface area contributed by atoms with Crippen LogP contribution in [0, 0.1) is 5.92 Å². The second-order valence-electron chi connectivity index (χ2n) is 3.18. The lowest BCUT2D eigenvalue weighted by atomic mass is 9.97. The first-order chi connectivity index (χ1) is 5.84. The van der Waals surface area contributed by atoms with Crippen molar-refractivity contribution in [2.24, 2.45) is 5.92 Å². The van der Waals surface area contributed by atoms with Gasteiger partial charge in [0, 0.05) is 5.69 Å². The molecule has 64 valence electrons. The lowest BCUT2D eigenvalue weighted by Gasteiger charge is -2.26. The van der Waals surface area contributed by atoms with Crippen molar-refractivity contribution in [3.63, 3.8) is 0 Å². The predicted molar refractivity (Wildman–Crippen MR) is 52.0 cm³/mol. The van der Waals surface area contributed by atoms with Crippen molar-refractivity contribution >= 4 is 15.9 Å². The molecule has 0 atom stereocenters. The van der Waals surface area contributed by atoms with Crippen LogP contribution >= 0.6 is 15.9 Å². The van der Waals surface area contributed by atoms with E-state index < -0.39 is 0 Å². The lowest BCUT2D eigenvalue weighted by molar-refractivity contribution is 0.344. The van der Waals surface area contributed by atoms with Gasteiger partial charge in [-0.15, -0.1) is 0 Å². The predicted octanol–water partition coefficient (Wildman–Crippen LogP) is 1.61. The largest absolute Gasteiger partial charge is 0.316 e. The first kappa shape index (κ1) is 8.20. The Morgan fingerprint density at radius 1 is 1.50 bits per heavy atom. The first-order valence-corrected chi connectivity index (χ1v) is 4.96. The number of nitrogens with one attached hydrogen (secondary N) is 1. The molecule has 3 heteroatoms. The Kier molecular flexibility index (Phi) is 2.42. The second-order valence-corrected chi connectivity index (χ2v) is 3.99. The van der Waals surface area contributed by atoms with E-state index in [2.05, 4.69) is 32.3 Å². The molecule has 0 bridgehead atoms. The zero-order valence-electron chi connectivity index (χ0n) is 6.76. The minimum Gasteiger partial charge on any atom is -0.316 e. The summed E-state index contributed by atoms with van der Waals surface area (Å²) in [6.45, 7) is 2.29. The van der Waals surface area contributed by atoms with Crippen molar-refractivity contribution < 1.29 is 0 Å². The Morgan fingerprint density at radius 3 is 2.92 bits per heavy atom. The van der Waals surface area contributed by atoms with Crippen LogP contribution in [0.25, 0.3) is 0 Å². The summed E-state index contributed by atoms with van der Waals surface area (Å²) >= 11 is 3.37. The molecule has 1 N–H and O–H groups in total. The summed E-state index contributed by atoms with van der Waals surface area (Å²) < 4.78 is 0.937. The van der Waals surface area contributed by atoms with E-state index in [-0.39, 0.29) is 0 Å². The van der Waals surface area contributed by atoms with Crippen molar-refractivity contribution in [1.29, 1.82) is 0 Å². The molecule has 0 saturated carbocycles. The molecule has 0 aliphatic carbocycles. The molecule has 1 saturated heterocycles. The number of nitrogens with zero attached hydrogens (tertiary/aromatic N) is 1. The summed E-state index contributed by atoms with van der Waals surface area (Å²) in [6.07, 6.45) is 1.10. The van der Waals surface area contributed by atoms with E-state index in [0.717, 1.165) is 30.0 Å². The summed E-state index contributed by atoms with van der Waals surface area (Å²) in [6, 6.07) is 6.09. The Labute approximate surface area is 80.5 Å². The standard InChI is InChI=1S/C9H11BrN2/c10-9-3-1-2-8(12-9)4-7-5-11-6-7/h1-3,7,11H,4-6H2. The molecule has 1 aromatic heterocycles. The molecule has 0 amide bonds. The van der Waals surface area contributed by atoms with Gasteiger partial charge >= 0.3 is 0 Å². The normalized spacial score (nSPS) is 17.4. The highest BCUT2D eigenvalue weighted by Crippen LogP contribution is 2.13. The molecule has 1 fully saturated rings. The van der Waals surface area contributed by atoms with Crippen LogP contribution in [-0.4, -0.2) is 18.1 Å². The van der Waals surface area contributed by atoms with Crippen LogP contribution in [0.1, 0.15) is 5.69 Å². The molecule has 2 heterocycles. The van der Waals surface area contributed by atoms with Gasteiger partial charge in [0.05, 0.1) is 0 Å². The van der Waals surface area contributed by atoms with E-state index in [1.807, 2.05) is 12.1 Å². The van der Waals surface area contributed by atoms with E-state index in [1.54, 1.807) is 0 Å². The third-order valence-corrected chi connectivity index (χ3v) is 2.58. The minimum absolute atomic E-state index is 0.798. The molecule has 1 aliphatic rings. The second kappa shape index (κ2) is 3.54. The number of aromatic nitrogens is 1. The number of halogens is 1. The van der Waals surface area contributed by atoms with E-state index in [1.165, 1.54) is 5.69 Å². The number of hydrogen-bond donors (Lipinski definition) is 1. The zero-order valence-corrected chi connectivity index (χ0v) is 8.34. The molecule has 12 heavy (non-hydrogen) atoms. The maximum Gasteiger partial charge on any atom is 0.106 e. The fourth-order valence-corrected chi connectivity index (χ4v) is 1.73. The molecule has 1 aliphatic heterocycles. The summed E-state index contributed by atoms with van der Waals surface area (Å²) in [5.74, 6) is 0.798. The summed E-state index contributed by atoms with van der Waals surface area (Å²) in [7, 11) is 0. The molecule has 0 spiro atoms. The number of pyridine rings is 1. The van der Waals surface area contributed by atoms with Gasteiger partial charge in [0.1, 0.15) is 4.60 Å². The maximum absolute atomic E-state index is 4.38. The molecule has 0 unspecified atom stereocenters. The Morgan fingerprint density at radius 2 is 2.33 bits per heavy atom. The van der Waals surface area contributed by atoms with Crippen molar-refractivity contribution in [3.8, 4) is 0 Å². The number of hydrogen-bond acceptors (Lipinski definition) is 2. The monoisotopic (exact) mass is 226 g/mol. The Bertz CT molecular complexity index is 271. The van der Waals surface area contributed by atoms with E-state index >= 15 is 0 Å². The van der Waals surface area contributed by atoms with Gasteiger partial charge in [0.25, 0.3) is 0 Å². The SMILES string of the molecule is Brc1cccc(CC2CNC2)n1. The lowest BCUT2D eigenvalue weighted by Crippen LogP contribution is -2.43. The van der Waals surface area contributed by atoms with Crippen LogP contribution in [0.3, 0.4) is 0 Å². The van der Waals surface area contributed by atoms with Gasteiger partial charge in [0.15, 0.2) is 0 Å². The van der Waals surface area contributed by atoms with Crippen LogP contribution in [0.15, 0.2) is 22.8 Å². The van der Waals surface area contributed by atoms with Gasteiger partial charge < -0.3 is 5.32 Å². The highest BCUT2D eigenvalue weighted by molar-refractivity contribution is 9.10. The highest BCUT2D eigenvalue weighted by atomic mass is 79.9. The molecule has 0 radical (unpaired) electrons. The third kappa shape index (κ3) is 1.84. The Balaban J connectivity index is 2.02. The van der Waals surface area contributed by atoms with Crippen LogP contribution in [0.4, 0.5) is 0 Å². The topological polar surface area (TPSA) is 24.9 Å². The van der Waals surface area contributed by atoms with Gasteiger partial charge in [-0.3, -0.25) is 0 Å². The number of rotatable bonds is 2. The van der Waals surface area contributed by atoms with Gasteiger partial charge in [-0.25, -0.2) is 4.98 Å². The molecule has 0 aromatic carbocycles. The quantitative estimate of drug-likeness (QED) is 0.776. The average Bonchev–Trinajstić information content (AvgIpc) is 1.97. The summed E-state index contributed by atoms with van der Waals surface area (Å²) in [5.41, 5.74) is 1.19. The van der Waals surface area contributed by atoms with Crippen LogP contribution in [0.2, 0.25) is 0 Å². The average molecular weight is 227 g/mol. The van der Waals surface area contributed by atoms with E-state index in [9.17, 15) is 0 Å². The highest BCUT2D eigenvalue weighted by Gasteiger charge is 2.17. The first-order valence-electron chi connectivity index (χ1n) is 4.17. The van der Waals surface area contributed by atoms with Gasteiger partial charge in [-0.1, -0.05) is 6.07 Å². The van der Waals surface area contributed by atoms with Crippen molar-refractivity contribution in [2.75, 3.05) is 13.1 Å². The fourth-order valence-electron chi connectivity index (χ4n) is 1.35. The minimum atomic E-state index is 0.798. The third-order valence-electron chi connectivity index (χ3n) is 2.14. The summed E-state index contributed by atoms with van der Waals surface area (Å²) in [5, 5.41) is 3.26. The molecule has 2 rings (SSSR count). The van der Waals surface area contributed by atoms with E-state index in [4.69, 9.17) is 0 Å². The van der Waals surface area contributed by atoms with Crippen molar-refractivity contribution in [1.82, 2.24) is 10.3 Å². The van der Waals surface area contributed by atoms with E-state index in [0.29, 0.717) is 0 Å². The van der Waals surface area contributed by atoms with Crippen LogP contribution < -0.4 is 5.32 Å². The van der Waals surface area contributed by atoms with Crippen LogP contribution in [0.5, 0.6) is 0 Å². The smallest absolute Gasteiger partial charge is 0.106 e.